The van der Waals surface area contributed by atoms with Crippen LogP contribution in [0.3, 0.4) is 0 Å². The molecule has 0 atom stereocenters. The van der Waals surface area contributed by atoms with Gasteiger partial charge in [0.05, 0.1) is 4.92 Å². The molecule has 0 radical (unpaired) electrons. The molecule has 23 heavy (non-hydrogen) atoms. The van der Waals surface area contributed by atoms with Crippen molar-refractivity contribution >= 4 is 11.7 Å². The molecule has 0 aliphatic heterocycles. The van der Waals surface area contributed by atoms with E-state index in [0.717, 1.165) is 16.7 Å². The SMILES string of the molecule is Cc1cc(C)c(OCC(=O)Oc2ccc([N+](=O)[O-])cc2)c(C)c1. The zero-order chi connectivity index (χ0) is 17.0. The number of esters is 1. The van der Waals surface area contributed by atoms with Gasteiger partial charge in [-0.1, -0.05) is 17.7 Å². The molecule has 0 saturated carbocycles. The van der Waals surface area contributed by atoms with Gasteiger partial charge >= 0.3 is 5.97 Å². The molecule has 2 rings (SSSR count). The molecular weight excluding hydrogens is 298 g/mol. The molecule has 2 aromatic carbocycles. The van der Waals surface area contributed by atoms with Gasteiger partial charge in [-0.25, -0.2) is 4.79 Å². The minimum atomic E-state index is -0.571. The highest BCUT2D eigenvalue weighted by Crippen LogP contribution is 2.24. The molecule has 0 spiro atoms. The molecule has 0 amide bonds. The molecule has 0 bridgehead atoms. The number of nitrogens with zero attached hydrogens (tertiary/aromatic N) is 1. The number of carbonyl (C=O) groups is 1. The fourth-order valence-electron chi connectivity index (χ4n) is 2.32. The quantitative estimate of drug-likeness (QED) is 0.365. The maximum absolute atomic E-state index is 11.8. The summed E-state index contributed by atoms with van der Waals surface area (Å²) in [6.45, 7) is 5.59. The third-order valence-corrected chi connectivity index (χ3v) is 3.22. The average Bonchev–Trinajstić information content (AvgIpc) is 2.46. The normalized spacial score (nSPS) is 10.2. The number of non-ortho nitro benzene ring substituents is 1. The van der Waals surface area contributed by atoms with E-state index in [1.165, 1.54) is 24.3 Å². The summed E-state index contributed by atoms with van der Waals surface area (Å²) in [5.41, 5.74) is 2.96. The molecule has 0 N–H and O–H groups in total. The fraction of sp³-hybridized carbons (Fsp3) is 0.235. The van der Waals surface area contributed by atoms with Crippen molar-refractivity contribution in [1.29, 1.82) is 0 Å². The van der Waals surface area contributed by atoms with Gasteiger partial charge in [0, 0.05) is 12.1 Å². The predicted molar refractivity (Wildman–Crippen MR) is 84.9 cm³/mol. The van der Waals surface area contributed by atoms with Crippen molar-refractivity contribution < 1.29 is 19.2 Å². The zero-order valence-corrected chi connectivity index (χ0v) is 13.2. The Morgan fingerprint density at radius 1 is 1.09 bits per heavy atom. The minimum absolute atomic E-state index is 0.0630. The lowest BCUT2D eigenvalue weighted by molar-refractivity contribution is -0.384. The molecule has 0 unspecified atom stereocenters. The van der Waals surface area contributed by atoms with Crippen LogP contribution in [-0.2, 0) is 4.79 Å². The second-order valence-corrected chi connectivity index (χ2v) is 5.24. The van der Waals surface area contributed by atoms with E-state index < -0.39 is 10.9 Å². The minimum Gasteiger partial charge on any atom is -0.481 e. The summed E-state index contributed by atoms with van der Waals surface area (Å²) in [5.74, 6) is 0.330. The maximum Gasteiger partial charge on any atom is 0.349 e. The summed E-state index contributed by atoms with van der Waals surface area (Å²) in [6.07, 6.45) is 0. The Kier molecular flexibility index (Phi) is 4.95. The molecule has 0 saturated heterocycles. The van der Waals surface area contributed by atoms with E-state index in [-0.39, 0.29) is 18.0 Å². The van der Waals surface area contributed by atoms with Crippen molar-refractivity contribution in [2.75, 3.05) is 6.61 Å². The highest BCUT2D eigenvalue weighted by atomic mass is 16.6. The van der Waals surface area contributed by atoms with E-state index in [9.17, 15) is 14.9 Å². The van der Waals surface area contributed by atoms with Gasteiger partial charge in [-0.3, -0.25) is 10.1 Å². The molecular formula is C17H17NO5. The largest absolute Gasteiger partial charge is 0.481 e. The number of aryl methyl sites for hydroxylation is 3. The van der Waals surface area contributed by atoms with Crippen LogP contribution in [0.25, 0.3) is 0 Å². The van der Waals surface area contributed by atoms with Crippen LogP contribution in [0.5, 0.6) is 11.5 Å². The topological polar surface area (TPSA) is 78.7 Å². The highest BCUT2D eigenvalue weighted by Gasteiger charge is 2.11. The summed E-state index contributed by atoms with van der Waals surface area (Å²) in [7, 11) is 0. The van der Waals surface area contributed by atoms with Crippen molar-refractivity contribution in [3.05, 3.63) is 63.2 Å². The van der Waals surface area contributed by atoms with Crippen LogP contribution in [0.15, 0.2) is 36.4 Å². The number of hydrogen-bond donors (Lipinski definition) is 0. The Balaban J connectivity index is 1.96. The van der Waals surface area contributed by atoms with Crippen molar-refractivity contribution in [3.63, 3.8) is 0 Å². The second-order valence-electron chi connectivity index (χ2n) is 5.24. The van der Waals surface area contributed by atoms with Crippen LogP contribution in [-0.4, -0.2) is 17.5 Å². The van der Waals surface area contributed by atoms with Crippen LogP contribution < -0.4 is 9.47 Å². The molecule has 6 nitrogen and oxygen atoms in total. The van der Waals surface area contributed by atoms with E-state index in [1.54, 1.807) is 0 Å². The van der Waals surface area contributed by atoms with E-state index in [4.69, 9.17) is 9.47 Å². The van der Waals surface area contributed by atoms with Crippen molar-refractivity contribution in [3.8, 4) is 11.5 Å². The summed E-state index contributed by atoms with van der Waals surface area (Å²) in [6, 6.07) is 9.25. The lowest BCUT2D eigenvalue weighted by Crippen LogP contribution is -2.18. The van der Waals surface area contributed by atoms with E-state index in [2.05, 4.69) is 0 Å². The van der Waals surface area contributed by atoms with Crippen molar-refractivity contribution in [1.82, 2.24) is 0 Å². The molecule has 6 heteroatoms. The standard InChI is InChI=1S/C17H17NO5/c1-11-8-12(2)17(13(3)9-11)22-10-16(19)23-15-6-4-14(5-7-15)18(20)21/h4-9H,10H2,1-3H3. The first-order valence-electron chi connectivity index (χ1n) is 7.02. The van der Waals surface area contributed by atoms with E-state index in [1.807, 2.05) is 32.9 Å². The van der Waals surface area contributed by atoms with E-state index >= 15 is 0 Å². The van der Waals surface area contributed by atoms with E-state index in [0.29, 0.717) is 5.75 Å². The summed E-state index contributed by atoms with van der Waals surface area (Å²) in [4.78, 5) is 21.9. The third-order valence-electron chi connectivity index (χ3n) is 3.22. The molecule has 0 aromatic heterocycles. The van der Waals surface area contributed by atoms with Crippen LogP contribution in [0.2, 0.25) is 0 Å². The van der Waals surface area contributed by atoms with Crippen LogP contribution >= 0.6 is 0 Å². The zero-order valence-electron chi connectivity index (χ0n) is 13.2. The van der Waals surface area contributed by atoms with Gasteiger partial charge in [-0.15, -0.1) is 0 Å². The third kappa shape index (κ3) is 4.29. The Labute approximate surface area is 133 Å². The Bertz CT molecular complexity index is 714. The van der Waals surface area contributed by atoms with Gasteiger partial charge in [0.15, 0.2) is 6.61 Å². The first-order chi connectivity index (χ1) is 10.9. The first-order valence-corrected chi connectivity index (χ1v) is 7.02. The van der Waals surface area contributed by atoms with Gasteiger partial charge in [0.1, 0.15) is 11.5 Å². The van der Waals surface area contributed by atoms with Crippen LogP contribution in [0.1, 0.15) is 16.7 Å². The Hall–Kier alpha value is -2.89. The molecule has 2 aromatic rings. The van der Waals surface area contributed by atoms with Gasteiger partial charge < -0.3 is 9.47 Å². The Morgan fingerprint density at radius 3 is 2.17 bits per heavy atom. The summed E-state index contributed by atoms with van der Waals surface area (Å²) < 4.78 is 10.6. The van der Waals surface area contributed by atoms with Gasteiger partial charge in [-0.2, -0.15) is 0 Å². The molecule has 120 valence electrons. The lowest BCUT2D eigenvalue weighted by Gasteiger charge is -2.12. The summed E-state index contributed by atoms with van der Waals surface area (Å²) >= 11 is 0. The number of hydrogen-bond acceptors (Lipinski definition) is 5. The molecule has 0 heterocycles. The fourth-order valence-corrected chi connectivity index (χ4v) is 2.32. The van der Waals surface area contributed by atoms with Crippen LogP contribution in [0, 0.1) is 30.9 Å². The van der Waals surface area contributed by atoms with Crippen molar-refractivity contribution in [2.45, 2.75) is 20.8 Å². The number of nitro groups is 1. The smallest absolute Gasteiger partial charge is 0.349 e. The number of benzene rings is 2. The second kappa shape index (κ2) is 6.91. The first kappa shape index (κ1) is 16.5. The Morgan fingerprint density at radius 2 is 1.65 bits per heavy atom. The molecule has 0 aliphatic rings. The monoisotopic (exact) mass is 315 g/mol. The molecule has 0 fully saturated rings. The van der Waals surface area contributed by atoms with Gasteiger partial charge in [0.2, 0.25) is 0 Å². The highest BCUT2D eigenvalue weighted by molar-refractivity contribution is 5.74. The van der Waals surface area contributed by atoms with Gasteiger partial charge in [0.25, 0.3) is 5.69 Å². The average molecular weight is 315 g/mol. The maximum atomic E-state index is 11.8. The molecule has 0 aliphatic carbocycles. The number of ether oxygens (including phenoxy) is 2. The summed E-state index contributed by atoms with van der Waals surface area (Å²) in [5, 5.41) is 10.6. The van der Waals surface area contributed by atoms with Gasteiger partial charge in [-0.05, 0) is 44.0 Å². The predicted octanol–water partition coefficient (Wildman–Crippen LogP) is 3.50. The lowest BCUT2D eigenvalue weighted by atomic mass is 10.1. The number of rotatable bonds is 5. The van der Waals surface area contributed by atoms with Crippen molar-refractivity contribution in [2.24, 2.45) is 0 Å². The number of carbonyl (C=O) groups excluding carboxylic acids is 1. The number of nitro benzene ring substituents is 1. The van der Waals surface area contributed by atoms with Crippen LogP contribution in [0.4, 0.5) is 5.69 Å².